The zero-order chi connectivity index (χ0) is 12.8. The molecule has 2 rings (SSSR count). The molecule has 3 N–H and O–H groups in total. The van der Waals surface area contributed by atoms with Gasteiger partial charge in [-0.15, -0.1) is 0 Å². The molecule has 0 saturated carbocycles. The Morgan fingerprint density at radius 1 is 1.44 bits per heavy atom. The van der Waals surface area contributed by atoms with Gasteiger partial charge in [0.05, 0.1) is 12.9 Å². The third-order valence-electron chi connectivity index (χ3n) is 2.44. The number of amides is 1. The Balaban J connectivity index is 1.80. The molecule has 2 aromatic rings. The van der Waals surface area contributed by atoms with E-state index in [0.29, 0.717) is 31.9 Å². The third-order valence-corrected chi connectivity index (χ3v) is 2.44. The Hall–Kier alpha value is -2.15. The number of rotatable bonds is 6. The lowest BCUT2D eigenvalue weighted by Gasteiger charge is -2.03. The van der Waals surface area contributed by atoms with Crippen LogP contribution in [0.2, 0.25) is 0 Å². The predicted octanol–water partition coefficient (Wildman–Crippen LogP) is -0.532. The summed E-state index contributed by atoms with van der Waals surface area (Å²) in [5.74, 6) is -0.182. The lowest BCUT2D eigenvalue weighted by Crippen LogP contribution is -2.27. The second kappa shape index (κ2) is 5.97. The second-order valence-corrected chi connectivity index (χ2v) is 3.81. The molecule has 0 aliphatic rings. The molecule has 0 bridgehead atoms. The van der Waals surface area contributed by atoms with Gasteiger partial charge in [0.1, 0.15) is 5.69 Å². The van der Waals surface area contributed by atoms with E-state index in [2.05, 4.69) is 15.4 Å². The fourth-order valence-corrected chi connectivity index (χ4v) is 1.56. The molecule has 18 heavy (non-hydrogen) atoms. The Labute approximate surface area is 105 Å². The lowest BCUT2D eigenvalue weighted by atomic mass is 10.4. The molecule has 0 spiro atoms. The van der Waals surface area contributed by atoms with Crippen LogP contribution in [-0.4, -0.2) is 38.3 Å². The normalized spacial score (nSPS) is 10.5. The average Bonchev–Trinajstić information content (AvgIpc) is 3.00. The van der Waals surface area contributed by atoms with E-state index in [1.807, 2.05) is 12.3 Å². The minimum absolute atomic E-state index is 0.182. The monoisotopic (exact) mass is 248 g/mol. The summed E-state index contributed by atoms with van der Waals surface area (Å²) in [7, 11) is 0. The maximum Gasteiger partial charge on any atom is 0.271 e. The Morgan fingerprint density at radius 3 is 3.06 bits per heavy atom. The number of imidazole rings is 1. The topological polar surface area (TPSA) is 90.8 Å². The summed E-state index contributed by atoms with van der Waals surface area (Å²) < 4.78 is 3.55. The van der Waals surface area contributed by atoms with E-state index in [-0.39, 0.29) is 5.91 Å². The Bertz CT molecular complexity index is 489. The SMILES string of the molecule is NCCn1cnc(C(=O)NCCn2cccn2)c1. The smallest absolute Gasteiger partial charge is 0.271 e. The molecule has 0 fully saturated rings. The van der Waals surface area contributed by atoms with Crippen LogP contribution in [-0.2, 0) is 13.1 Å². The van der Waals surface area contributed by atoms with Gasteiger partial charge in [-0.1, -0.05) is 0 Å². The molecule has 7 nitrogen and oxygen atoms in total. The molecule has 0 aliphatic heterocycles. The van der Waals surface area contributed by atoms with Gasteiger partial charge in [-0.25, -0.2) is 4.98 Å². The molecule has 0 atom stereocenters. The van der Waals surface area contributed by atoms with Gasteiger partial charge in [-0.3, -0.25) is 9.48 Å². The number of nitrogens with one attached hydrogen (secondary N) is 1. The quantitative estimate of drug-likeness (QED) is 0.719. The summed E-state index contributed by atoms with van der Waals surface area (Å²) in [5, 5.41) is 6.83. The highest BCUT2D eigenvalue weighted by Gasteiger charge is 2.08. The first-order valence-electron chi connectivity index (χ1n) is 5.77. The molecule has 1 amide bonds. The first kappa shape index (κ1) is 12.3. The fourth-order valence-electron chi connectivity index (χ4n) is 1.56. The zero-order valence-corrected chi connectivity index (χ0v) is 9.99. The maximum atomic E-state index is 11.7. The molecule has 2 heterocycles. The van der Waals surface area contributed by atoms with Crippen molar-refractivity contribution in [3.63, 3.8) is 0 Å². The number of hydrogen-bond donors (Lipinski definition) is 2. The van der Waals surface area contributed by atoms with E-state index in [9.17, 15) is 4.79 Å². The molecule has 7 heteroatoms. The molecular weight excluding hydrogens is 232 g/mol. The summed E-state index contributed by atoms with van der Waals surface area (Å²) in [6, 6.07) is 1.84. The standard InChI is InChI=1S/C11H16N6O/c12-2-6-16-8-10(14-9-16)11(18)13-4-7-17-5-1-3-15-17/h1,3,5,8-9H,2,4,6-7,12H2,(H,13,18). The van der Waals surface area contributed by atoms with Gasteiger partial charge in [0.15, 0.2) is 0 Å². The van der Waals surface area contributed by atoms with Crippen LogP contribution in [0.15, 0.2) is 31.0 Å². The highest BCUT2D eigenvalue weighted by atomic mass is 16.1. The zero-order valence-electron chi connectivity index (χ0n) is 9.99. The predicted molar refractivity (Wildman–Crippen MR) is 65.8 cm³/mol. The molecule has 0 aliphatic carbocycles. The van der Waals surface area contributed by atoms with Crippen molar-refractivity contribution in [2.24, 2.45) is 5.73 Å². The first-order chi connectivity index (χ1) is 8.79. The molecule has 0 aromatic carbocycles. The largest absolute Gasteiger partial charge is 0.349 e. The van der Waals surface area contributed by atoms with Crippen molar-refractivity contribution in [1.82, 2.24) is 24.6 Å². The van der Waals surface area contributed by atoms with Crippen molar-refractivity contribution >= 4 is 5.91 Å². The highest BCUT2D eigenvalue weighted by molar-refractivity contribution is 5.91. The van der Waals surface area contributed by atoms with Gasteiger partial charge < -0.3 is 15.6 Å². The van der Waals surface area contributed by atoms with E-state index in [1.54, 1.807) is 28.0 Å². The first-order valence-corrected chi connectivity index (χ1v) is 5.77. The third kappa shape index (κ3) is 3.17. The van der Waals surface area contributed by atoms with Crippen molar-refractivity contribution in [2.45, 2.75) is 13.1 Å². The summed E-state index contributed by atoms with van der Waals surface area (Å²) >= 11 is 0. The van der Waals surface area contributed by atoms with Crippen LogP contribution >= 0.6 is 0 Å². The molecule has 0 saturated heterocycles. The summed E-state index contributed by atoms with van der Waals surface area (Å²) in [5.41, 5.74) is 5.83. The lowest BCUT2D eigenvalue weighted by molar-refractivity contribution is 0.0947. The Morgan fingerprint density at radius 2 is 2.33 bits per heavy atom. The fraction of sp³-hybridized carbons (Fsp3) is 0.364. The molecular formula is C11H16N6O. The van der Waals surface area contributed by atoms with Gasteiger partial charge in [-0.05, 0) is 6.07 Å². The van der Waals surface area contributed by atoms with Gasteiger partial charge in [0, 0.05) is 38.2 Å². The van der Waals surface area contributed by atoms with Crippen molar-refractivity contribution in [3.05, 3.63) is 36.7 Å². The van der Waals surface area contributed by atoms with Gasteiger partial charge in [0.25, 0.3) is 5.91 Å². The second-order valence-electron chi connectivity index (χ2n) is 3.81. The minimum atomic E-state index is -0.182. The van der Waals surface area contributed by atoms with E-state index in [4.69, 9.17) is 5.73 Å². The highest BCUT2D eigenvalue weighted by Crippen LogP contribution is 1.95. The van der Waals surface area contributed by atoms with Crippen LogP contribution in [0.3, 0.4) is 0 Å². The summed E-state index contributed by atoms with van der Waals surface area (Å²) in [6.45, 7) is 2.34. The number of hydrogen-bond acceptors (Lipinski definition) is 4. The van der Waals surface area contributed by atoms with Crippen molar-refractivity contribution in [1.29, 1.82) is 0 Å². The van der Waals surface area contributed by atoms with Crippen LogP contribution in [0.1, 0.15) is 10.5 Å². The molecule has 0 unspecified atom stereocenters. The van der Waals surface area contributed by atoms with E-state index in [0.717, 1.165) is 0 Å². The van der Waals surface area contributed by atoms with Crippen molar-refractivity contribution < 1.29 is 4.79 Å². The Kier molecular flexibility index (Phi) is 4.08. The van der Waals surface area contributed by atoms with Crippen LogP contribution in [0, 0.1) is 0 Å². The number of carbonyl (C=O) groups is 1. The van der Waals surface area contributed by atoms with Crippen LogP contribution in [0.4, 0.5) is 0 Å². The number of aromatic nitrogens is 4. The van der Waals surface area contributed by atoms with Gasteiger partial charge in [-0.2, -0.15) is 5.10 Å². The molecule has 0 radical (unpaired) electrons. The van der Waals surface area contributed by atoms with Gasteiger partial charge >= 0.3 is 0 Å². The number of nitrogens with zero attached hydrogens (tertiary/aromatic N) is 4. The molecule has 2 aromatic heterocycles. The van der Waals surface area contributed by atoms with Crippen LogP contribution < -0.4 is 11.1 Å². The van der Waals surface area contributed by atoms with Crippen molar-refractivity contribution in [3.8, 4) is 0 Å². The number of carbonyl (C=O) groups excluding carboxylic acids is 1. The van der Waals surface area contributed by atoms with E-state index < -0.39 is 0 Å². The number of nitrogens with two attached hydrogens (primary N) is 1. The van der Waals surface area contributed by atoms with E-state index >= 15 is 0 Å². The molecule has 96 valence electrons. The van der Waals surface area contributed by atoms with Crippen molar-refractivity contribution in [2.75, 3.05) is 13.1 Å². The van der Waals surface area contributed by atoms with Gasteiger partial charge in [0.2, 0.25) is 0 Å². The summed E-state index contributed by atoms with van der Waals surface area (Å²) in [6.07, 6.45) is 6.85. The average molecular weight is 248 g/mol. The van der Waals surface area contributed by atoms with Crippen LogP contribution in [0.5, 0.6) is 0 Å². The maximum absolute atomic E-state index is 11.7. The van der Waals surface area contributed by atoms with E-state index in [1.165, 1.54) is 0 Å². The van der Waals surface area contributed by atoms with Crippen LogP contribution in [0.25, 0.3) is 0 Å². The summed E-state index contributed by atoms with van der Waals surface area (Å²) in [4.78, 5) is 15.8. The minimum Gasteiger partial charge on any atom is -0.349 e.